The Balaban J connectivity index is 1.66. The maximum absolute atomic E-state index is 12.8. The van der Waals surface area contributed by atoms with Gasteiger partial charge in [-0.2, -0.15) is 0 Å². The molecule has 1 atom stereocenters. The van der Waals surface area contributed by atoms with E-state index in [0.29, 0.717) is 13.1 Å². The van der Waals surface area contributed by atoms with Gasteiger partial charge in [0.2, 0.25) is 15.9 Å². The molecule has 2 aliphatic rings. The van der Waals surface area contributed by atoms with Crippen LogP contribution in [0.15, 0.2) is 30.5 Å². The Morgan fingerprint density at radius 1 is 1.24 bits per heavy atom. The normalized spacial score (nSPS) is 22.8. The maximum atomic E-state index is 12.8. The Morgan fingerprint density at radius 3 is 2.66 bits per heavy atom. The molecule has 4 rings (SSSR count). The number of aryl methyl sites for hydroxylation is 1. The molecule has 1 aromatic heterocycles. The predicted molar refractivity (Wildman–Crippen MR) is 114 cm³/mol. The number of para-hydroxylation sites is 1. The Bertz CT molecular complexity index is 1010. The molecule has 7 nitrogen and oxygen atoms in total. The van der Waals surface area contributed by atoms with Crippen molar-refractivity contribution >= 4 is 26.8 Å². The number of hydrogen-bond acceptors (Lipinski definition) is 4. The van der Waals surface area contributed by atoms with Crippen LogP contribution in [-0.2, 0) is 27.9 Å². The van der Waals surface area contributed by atoms with E-state index in [0.717, 1.165) is 45.0 Å². The van der Waals surface area contributed by atoms with Crippen LogP contribution in [-0.4, -0.2) is 54.7 Å². The number of hydrogen-bond donors (Lipinski definition) is 2. The Hall–Kier alpha value is -1.90. The van der Waals surface area contributed by atoms with Crippen molar-refractivity contribution in [3.63, 3.8) is 0 Å². The van der Waals surface area contributed by atoms with Crippen molar-refractivity contribution in [3.8, 4) is 0 Å². The summed E-state index contributed by atoms with van der Waals surface area (Å²) >= 11 is 0. The zero-order valence-electron chi connectivity index (χ0n) is 17.1. The smallest absolute Gasteiger partial charge is 0.239 e. The van der Waals surface area contributed by atoms with Gasteiger partial charge in [0, 0.05) is 43.3 Å². The summed E-state index contributed by atoms with van der Waals surface area (Å²) in [5, 5.41) is 4.40. The van der Waals surface area contributed by atoms with Gasteiger partial charge in [-0.1, -0.05) is 31.0 Å². The second-order valence-electron chi connectivity index (χ2n) is 8.55. The van der Waals surface area contributed by atoms with Crippen molar-refractivity contribution in [2.24, 2.45) is 0 Å². The van der Waals surface area contributed by atoms with E-state index in [4.69, 9.17) is 0 Å². The third kappa shape index (κ3) is 4.34. The standard InChI is InChI=1S/C21H30N4O3S/c1-3-25-13-16(17-8-4-5-9-19(17)25)12-24-14-18(23-29(2,27)28)20(26)22-21(15-24)10-6-7-11-21/h4-5,8-9,13,18,23H,3,6-7,10-12,14-15H2,1-2H3,(H,22,26). The highest BCUT2D eigenvalue weighted by Gasteiger charge is 2.42. The van der Waals surface area contributed by atoms with E-state index >= 15 is 0 Å². The molecule has 1 amide bonds. The highest BCUT2D eigenvalue weighted by Crippen LogP contribution is 2.33. The molecule has 2 fully saturated rings. The van der Waals surface area contributed by atoms with Crippen molar-refractivity contribution in [3.05, 3.63) is 36.0 Å². The first-order valence-electron chi connectivity index (χ1n) is 10.4. The van der Waals surface area contributed by atoms with Crippen LogP contribution in [0.3, 0.4) is 0 Å². The average Bonchev–Trinajstić information content (AvgIpc) is 3.21. The monoisotopic (exact) mass is 418 g/mol. The molecule has 1 aliphatic carbocycles. The fourth-order valence-electron chi connectivity index (χ4n) is 4.98. The van der Waals surface area contributed by atoms with Crippen LogP contribution in [0.2, 0.25) is 0 Å². The lowest BCUT2D eigenvalue weighted by Crippen LogP contribution is -2.54. The first-order valence-corrected chi connectivity index (χ1v) is 12.3. The lowest BCUT2D eigenvalue weighted by Gasteiger charge is -2.32. The lowest BCUT2D eigenvalue weighted by molar-refractivity contribution is -0.123. The number of fused-ring (bicyclic) bond motifs is 1. The van der Waals surface area contributed by atoms with Gasteiger partial charge in [0.1, 0.15) is 6.04 Å². The minimum atomic E-state index is -3.48. The summed E-state index contributed by atoms with van der Waals surface area (Å²) in [5.74, 6) is -0.212. The Labute approximate surface area is 172 Å². The molecule has 2 N–H and O–H groups in total. The first-order chi connectivity index (χ1) is 13.8. The molecule has 1 unspecified atom stereocenters. The van der Waals surface area contributed by atoms with Crippen LogP contribution >= 0.6 is 0 Å². The lowest BCUT2D eigenvalue weighted by atomic mass is 9.97. The van der Waals surface area contributed by atoms with Gasteiger partial charge in [-0.3, -0.25) is 9.69 Å². The minimum Gasteiger partial charge on any atom is -0.348 e. The zero-order valence-corrected chi connectivity index (χ0v) is 18.0. The van der Waals surface area contributed by atoms with Crippen molar-refractivity contribution in [1.29, 1.82) is 0 Å². The number of carbonyl (C=O) groups excluding carboxylic acids is 1. The van der Waals surface area contributed by atoms with E-state index in [-0.39, 0.29) is 11.4 Å². The molecule has 2 heterocycles. The molecule has 1 spiro atoms. The number of rotatable bonds is 5. The van der Waals surface area contributed by atoms with Crippen molar-refractivity contribution in [1.82, 2.24) is 19.5 Å². The predicted octanol–water partition coefficient (Wildman–Crippen LogP) is 1.82. The van der Waals surface area contributed by atoms with Crippen LogP contribution in [0.5, 0.6) is 0 Å². The van der Waals surface area contributed by atoms with Gasteiger partial charge in [0.15, 0.2) is 0 Å². The summed E-state index contributed by atoms with van der Waals surface area (Å²) in [6.07, 6.45) is 7.36. The molecule has 1 saturated carbocycles. The molecule has 2 aromatic rings. The van der Waals surface area contributed by atoms with Crippen LogP contribution in [0.25, 0.3) is 10.9 Å². The number of benzene rings is 1. The third-order valence-corrected chi connectivity index (χ3v) is 6.91. The van der Waals surface area contributed by atoms with Gasteiger partial charge in [-0.25, -0.2) is 13.1 Å². The molecular weight excluding hydrogens is 388 g/mol. The molecule has 0 bridgehead atoms. The Kier molecular flexibility index (Phi) is 5.44. The first kappa shape index (κ1) is 20.4. The molecule has 1 aliphatic heterocycles. The fourth-order valence-corrected chi connectivity index (χ4v) is 5.68. The van der Waals surface area contributed by atoms with Crippen LogP contribution in [0.1, 0.15) is 38.2 Å². The second kappa shape index (κ2) is 7.74. The third-order valence-electron chi connectivity index (χ3n) is 6.19. The van der Waals surface area contributed by atoms with Gasteiger partial charge in [0.05, 0.1) is 11.8 Å². The second-order valence-corrected chi connectivity index (χ2v) is 10.3. The molecular formula is C21H30N4O3S. The number of carbonyl (C=O) groups is 1. The van der Waals surface area contributed by atoms with E-state index in [9.17, 15) is 13.2 Å². The molecule has 8 heteroatoms. The number of aromatic nitrogens is 1. The fraction of sp³-hybridized carbons (Fsp3) is 0.571. The number of sulfonamides is 1. The number of nitrogens with zero attached hydrogens (tertiary/aromatic N) is 2. The topological polar surface area (TPSA) is 83.4 Å². The molecule has 158 valence electrons. The van der Waals surface area contributed by atoms with Gasteiger partial charge in [-0.05, 0) is 31.4 Å². The molecule has 1 aromatic carbocycles. The van der Waals surface area contributed by atoms with Gasteiger partial charge < -0.3 is 9.88 Å². The summed E-state index contributed by atoms with van der Waals surface area (Å²) in [6.45, 7) is 4.82. The summed E-state index contributed by atoms with van der Waals surface area (Å²) in [6, 6.07) is 7.58. The van der Waals surface area contributed by atoms with Crippen molar-refractivity contribution in [2.45, 2.75) is 57.3 Å². The SMILES string of the molecule is CCn1cc(CN2CC(NS(C)(=O)=O)C(=O)NC3(CCCC3)C2)c2ccccc21. The van der Waals surface area contributed by atoms with E-state index in [1.54, 1.807) is 0 Å². The number of nitrogens with one attached hydrogen (secondary N) is 2. The largest absolute Gasteiger partial charge is 0.348 e. The summed E-state index contributed by atoms with van der Waals surface area (Å²) in [4.78, 5) is 15.1. The maximum Gasteiger partial charge on any atom is 0.239 e. The van der Waals surface area contributed by atoms with Crippen molar-refractivity contribution < 1.29 is 13.2 Å². The van der Waals surface area contributed by atoms with E-state index in [1.165, 1.54) is 16.5 Å². The van der Waals surface area contributed by atoms with Crippen LogP contribution in [0.4, 0.5) is 0 Å². The minimum absolute atomic E-state index is 0.212. The summed E-state index contributed by atoms with van der Waals surface area (Å²) in [5.41, 5.74) is 2.16. The summed E-state index contributed by atoms with van der Waals surface area (Å²) in [7, 11) is -3.48. The van der Waals surface area contributed by atoms with Crippen molar-refractivity contribution in [2.75, 3.05) is 19.3 Å². The highest BCUT2D eigenvalue weighted by atomic mass is 32.2. The Morgan fingerprint density at radius 2 is 1.97 bits per heavy atom. The molecule has 29 heavy (non-hydrogen) atoms. The van der Waals surface area contributed by atoms with Gasteiger partial charge in [0.25, 0.3) is 0 Å². The van der Waals surface area contributed by atoms with Gasteiger partial charge >= 0.3 is 0 Å². The van der Waals surface area contributed by atoms with Crippen LogP contribution < -0.4 is 10.0 Å². The quantitative estimate of drug-likeness (QED) is 0.776. The average molecular weight is 419 g/mol. The number of amides is 1. The van der Waals surface area contributed by atoms with Crippen LogP contribution in [0, 0.1) is 0 Å². The summed E-state index contributed by atoms with van der Waals surface area (Å²) < 4.78 is 28.5. The molecule has 0 radical (unpaired) electrons. The van der Waals surface area contributed by atoms with E-state index in [1.807, 2.05) is 12.1 Å². The zero-order chi connectivity index (χ0) is 20.6. The highest BCUT2D eigenvalue weighted by molar-refractivity contribution is 7.88. The van der Waals surface area contributed by atoms with E-state index in [2.05, 4.69) is 44.8 Å². The van der Waals surface area contributed by atoms with E-state index < -0.39 is 16.1 Å². The van der Waals surface area contributed by atoms with Gasteiger partial charge in [-0.15, -0.1) is 0 Å². The molecule has 1 saturated heterocycles.